The highest BCUT2D eigenvalue weighted by molar-refractivity contribution is 7.95. The number of nitrogens with two attached hydrogens (primary N) is 1. The molecule has 0 aliphatic carbocycles. The van der Waals surface area contributed by atoms with E-state index < -0.39 is 200 Å². The van der Waals surface area contributed by atoms with Gasteiger partial charge in [0.1, 0.15) is 69.2 Å². The Bertz CT molecular complexity index is 5220. The quantitative estimate of drug-likeness (QED) is 0.0102. The maximum absolute atomic E-state index is 13.2. The van der Waals surface area contributed by atoms with Crippen molar-refractivity contribution >= 4 is 161 Å². The number of anilines is 1. The van der Waals surface area contributed by atoms with Gasteiger partial charge in [-0.15, -0.1) is 30.7 Å². The van der Waals surface area contributed by atoms with E-state index in [1.165, 1.54) is 0 Å². The molecule has 0 unspecified atom stereocenters. The molecule has 0 atom stereocenters. The van der Waals surface area contributed by atoms with E-state index in [1.54, 1.807) is 31.2 Å². The maximum atomic E-state index is 13.2. The van der Waals surface area contributed by atoms with Gasteiger partial charge in [-0.05, 0) is 73.7 Å². The zero-order valence-electron chi connectivity index (χ0n) is 41.2. The molecule has 8 aromatic rings. The van der Waals surface area contributed by atoms with E-state index in [0.717, 1.165) is 29.8 Å². The van der Waals surface area contributed by atoms with Gasteiger partial charge in [0.25, 0.3) is 76.5 Å². The highest BCUT2D eigenvalue weighted by Crippen LogP contribution is 2.51. The minimum Gasteiger partial charge on any atom is -0.505 e. The average molecular weight is 1330 g/mol. The van der Waals surface area contributed by atoms with Gasteiger partial charge in [0.15, 0.2) is 11.5 Å². The van der Waals surface area contributed by atoms with Crippen LogP contribution in [-0.2, 0) is 70.8 Å². The molecule has 0 amide bonds. The van der Waals surface area contributed by atoms with E-state index >= 15 is 0 Å². The molecule has 0 spiro atoms. The van der Waals surface area contributed by atoms with Gasteiger partial charge >= 0.3 is 0 Å². The number of phenolic OH excluding ortho intramolecular Hbond substituents is 2. The van der Waals surface area contributed by atoms with Crippen LogP contribution in [0.3, 0.4) is 0 Å². The largest absolute Gasteiger partial charge is 0.505 e. The average Bonchev–Trinajstić information content (AvgIpc) is 1.33. The Morgan fingerprint density at radius 2 is 0.918 bits per heavy atom. The summed E-state index contributed by atoms with van der Waals surface area (Å²) >= 11 is 0.657. The number of aromatic hydroxyl groups is 2. The topological polar surface area (TPSA) is 574 Å². The van der Waals surface area contributed by atoms with Crippen LogP contribution < -0.4 is 9.92 Å². The first kappa shape index (κ1) is 62.7. The van der Waals surface area contributed by atoms with Gasteiger partial charge in [0.2, 0.25) is 0 Å². The Balaban J connectivity index is 1.30. The molecule has 85 heavy (non-hydrogen) atoms. The van der Waals surface area contributed by atoms with E-state index in [1.807, 2.05) is 0 Å². The monoisotopic (exact) mass is 1330 g/mol. The third kappa shape index (κ3) is 12.9. The Hall–Kier alpha value is -8.34. The third-order valence-electron chi connectivity index (χ3n) is 11.6. The number of non-ortho nitro benzene ring substituents is 1. The number of aryl methyl sites for hydroxylation is 1. The summed E-state index contributed by atoms with van der Waals surface area (Å²) < 4.78 is 256. The zero-order valence-corrected chi connectivity index (χ0v) is 47.7. The first-order chi connectivity index (χ1) is 39.1. The molecular weight excluding hydrogens is 1300 g/mol. The van der Waals surface area contributed by atoms with Crippen molar-refractivity contribution in [2.45, 2.75) is 46.1 Å². The third-order valence-corrected chi connectivity index (χ3v) is 18.6. The van der Waals surface area contributed by atoms with Crippen LogP contribution in [0.25, 0.3) is 32.3 Å². The molecule has 0 aliphatic heterocycles. The Kier molecular flexibility index (Phi) is 16.2. The summed E-state index contributed by atoms with van der Waals surface area (Å²) in [6.07, 6.45) is 0. The van der Waals surface area contributed by atoms with E-state index in [2.05, 4.69) is 30.7 Å². The van der Waals surface area contributed by atoms with E-state index in [0.29, 0.717) is 53.3 Å². The maximum Gasteiger partial charge on any atom is 0.297 e. The minimum atomic E-state index is -5.81. The molecular formula is C43H30N8O26S8. The normalized spacial score (nSPS) is 13.3. The van der Waals surface area contributed by atoms with Crippen LogP contribution >= 0.6 is 12.0 Å². The van der Waals surface area contributed by atoms with Gasteiger partial charge in [-0.3, -0.25) is 42.0 Å². The lowest BCUT2D eigenvalue weighted by molar-refractivity contribution is -0.385. The lowest BCUT2D eigenvalue weighted by atomic mass is 10.0. The van der Waals surface area contributed by atoms with Gasteiger partial charge in [0.05, 0.1) is 32.9 Å². The second-order valence-electron chi connectivity index (χ2n) is 17.1. The molecule has 0 saturated heterocycles. The molecule has 0 heterocycles. The number of azo groups is 3. The van der Waals surface area contributed by atoms with Crippen molar-refractivity contribution in [1.29, 1.82) is 0 Å². The summed E-state index contributed by atoms with van der Waals surface area (Å²) in [5.74, 6) is -3.41. The van der Waals surface area contributed by atoms with Crippen molar-refractivity contribution in [2.75, 3.05) is 5.73 Å². The zero-order chi connectivity index (χ0) is 63.1. The Morgan fingerprint density at radius 1 is 0.459 bits per heavy atom. The Morgan fingerprint density at radius 3 is 1.42 bits per heavy atom. The van der Waals surface area contributed by atoms with Crippen LogP contribution in [0.5, 0.6) is 17.2 Å². The highest BCUT2D eigenvalue weighted by atomic mass is 32.2. The second kappa shape index (κ2) is 21.9. The molecule has 34 nitrogen and oxygen atoms in total. The fourth-order valence-corrected chi connectivity index (χ4v) is 13.3. The molecule has 0 bridgehead atoms. The summed E-state index contributed by atoms with van der Waals surface area (Å²) in [6, 6.07) is 13.5. The molecule has 0 aliphatic rings. The molecule has 0 saturated carbocycles. The number of fused-ring (bicyclic) bond motifs is 3. The lowest BCUT2D eigenvalue weighted by Crippen LogP contribution is -2.04. The van der Waals surface area contributed by atoms with Crippen molar-refractivity contribution < 1.29 is 110 Å². The number of hydrogen-bond donors (Lipinski definition) is 10. The van der Waals surface area contributed by atoms with E-state index in [4.69, 9.17) is 9.92 Å². The van der Waals surface area contributed by atoms with Gasteiger partial charge < -0.3 is 20.1 Å². The summed E-state index contributed by atoms with van der Waals surface area (Å²) in [6.45, 7) is 1.78. The summed E-state index contributed by atoms with van der Waals surface area (Å²) in [5, 5.41) is 50.6. The minimum absolute atomic E-state index is 0.238. The predicted molar refractivity (Wildman–Crippen MR) is 292 cm³/mol. The molecule has 0 fully saturated rings. The van der Waals surface area contributed by atoms with Crippen LogP contribution in [0.2, 0.25) is 0 Å². The van der Waals surface area contributed by atoms with Gasteiger partial charge in [-0.2, -0.15) is 58.9 Å². The molecule has 446 valence electrons. The summed E-state index contributed by atoms with van der Waals surface area (Å²) in [5.41, 5.74) is -1.63. The lowest BCUT2D eigenvalue weighted by Gasteiger charge is -2.15. The number of nitrogen functional groups attached to an aromatic ring is 1. The van der Waals surface area contributed by atoms with Crippen molar-refractivity contribution in [3.05, 3.63) is 113 Å². The number of nitro benzene ring substituents is 1. The van der Waals surface area contributed by atoms with Crippen LogP contribution in [0.15, 0.2) is 167 Å². The van der Waals surface area contributed by atoms with Crippen LogP contribution in [0.1, 0.15) is 5.56 Å². The Labute approximate surface area is 480 Å². The van der Waals surface area contributed by atoms with Gasteiger partial charge in [-0.1, -0.05) is 17.7 Å². The van der Waals surface area contributed by atoms with Gasteiger partial charge in [-0.25, -0.2) is 0 Å². The first-order valence-corrected chi connectivity index (χ1v) is 32.7. The predicted octanol–water partition coefficient (Wildman–Crippen LogP) is 8.42. The fourth-order valence-electron chi connectivity index (χ4n) is 7.94. The number of hydrogen-bond acceptors (Lipinski definition) is 27. The molecule has 8 aromatic carbocycles. The standard InChI is InChI=1S/C43H30N8O26S8/c1-18-2-5-20(6-3-18)78-77-31-14-21(79(56,57)58)13-24-22(31)7-10-29(42(24)84(71,72)73)47-49-38-34(82(65,66)67)15-25-23(40(38)52)8-11-28(43(25)85(74,75)76)46-48-30-17-32(80(59,60)61)26-16-35(83(68,69)70)39(41(53)36(26)37(30)44)50-45-27-9-4-19(51(54)55)12-33(27)81(62,63)64/h2-17,52-53H,44H2,1H3,(H,56,57,58)(H,59,60,61)(H,62,63,64)(H,65,66,67)(H,68,69,70)(H,71,72,73)(H,74,75,76). The molecule has 0 aromatic heterocycles. The van der Waals surface area contributed by atoms with Crippen molar-refractivity contribution in [3.8, 4) is 17.2 Å². The van der Waals surface area contributed by atoms with Gasteiger partial charge in [0, 0.05) is 50.0 Å². The molecule has 0 radical (unpaired) electrons. The van der Waals surface area contributed by atoms with Crippen LogP contribution in [0.4, 0.5) is 45.5 Å². The second-order valence-corrected chi connectivity index (χ2v) is 27.6. The fraction of sp³-hybridized carbons (Fsp3) is 0.0233. The molecule has 8 rings (SSSR count). The number of nitro groups is 1. The van der Waals surface area contributed by atoms with E-state index in [-0.39, 0.29) is 17.5 Å². The number of benzene rings is 8. The number of nitrogens with zero attached hydrogens (tertiary/aromatic N) is 7. The molecule has 42 heteroatoms. The van der Waals surface area contributed by atoms with Crippen molar-refractivity contribution in [2.24, 2.45) is 30.7 Å². The highest BCUT2D eigenvalue weighted by Gasteiger charge is 2.32. The van der Waals surface area contributed by atoms with Crippen LogP contribution in [0, 0.1) is 17.0 Å². The summed E-state index contributed by atoms with van der Waals surface area (Å²) in [4.78, 5) is 1.07. The smallest absolute Gasteiger partial charge is 0.297 e. The van der Waals surface area contributed by atoms with Crippen molar-refractivity contribution in [3.63, 3.8) is 0 Å². The number of rotatable bonds is 17. The van der Waals surface area contributed by atoms with Crippen LogP contribution in [-0.4, -0.2) is 106 Å². The SMILES string of the molecule is Cc1ccc(SOc2cc(S(=O)(=O)O)cc3c(S(=O)(=O)O)c(N=Nc4c(S(=O)(=O)O)cc5c(S(=O)(=O)O)c(N=Nc6cc(S(=O)(=O)O)c7cc(S(=O)(=O)O)c(N=Nc8ccc([N+](=O)[O-])cc8S(=O)(=O)O)c(O)c7c6N)ccc5c4O)ccc23)cc1. The van der Waals surface area contributed by atoms with E-state index in [9.17, 15) is 111 Å². The molecule has 11 N–H and O–H groups in total. The first-order valence-electron chi connectivity index (χ1n) is 21.9. The van der Waals surface area contributed by atoms with Crippen molar-refractivity contribution in [1.82, 2.24) is 0 Å². The number of phenols is 2. The summed E-state index contributed by atoms with van der Waals surface area (Å²) in [7, 11) is -39.1.